The Labute approximate surface area is 104 Å². The highest BCUT2D eigenvalue weighted by atomic mass is 15.2. The van der Waals surface area contributed by atoms with Gasteiger partial charge in [-0.2, -0.15) is 0 Å². The first-order valence-corrected chi connectivity index (χ1v) is 6.39. The van der Waals surface area contributed by atoms with Gasteiger partial charge in [0.2, 0.25) is 0 Å². The second-order valence-corrected chi connectivity index (χ2v) is 5.17. The van der Waals surface area contributed by atoms with E-state index in [9.17, 15) is 0 Å². The number of benzene rings is 1. The Morgan fingerprint density at radius 2 is 2.18 bits per heavy atom. The Morgan fingerprint density at radius 3 is 2.82 bits per heavy atom. The smallest absolute Gasteiger partial charge is 0.0359 e. The number of nitrogen functional groups attached to an aromatic ring is 1. The van der Waals surface area contributed by atoms with E-state index in [1.54, 1.807) is 0 Å². The Balaban J connectivity index is 1.89. The van der Waals surface area contributed by atoms with Crippen molar-refractivity contribution in [1.29, 1.82) is 0 Å². The van der Waals surface area contributed by atoms with E-state index < -0.39 is 0 Å². The van der Waals surface area contributed by atoms with Crippen LogP contribution in [0.25, 0.3) is 0 Å². The van der Waals surface area contributed by atoms with Crippen molar-refractivity contribution >= 4 is 5.69 Å². The van der Waals surface area contributed by atoms with E-state index in [4.69, 9.17) is 5.73 Å². The van der Waals surface area contributed by atoms with Crippen molar-refractivity contribution in [1.82, 2.24) is 9.80 Å². The highest BCUT2D eigenvalue weighted by molar-refractivity contribution is 5.46. The topological polar surface area (TPSA) is 32.5 Å². The van der Waals surface area contributed by atoms with E-state index in [0.717, 1.165) is 18.8 Å². The molecule has 0 aromatic heterocycles. The summed E-state index contributed by atoms with van der Waals surface area (Å²) >= 11 is 0. The molecule has 0 saturated carbocycles. The average molecular weight is 233 g/mol. The molecule has 1 heterocycles. The molecule has 3 nitrogen and oxygen atoms in total. The highest BCUT2D eigenvalue weighted by Gasteiger charge is 2.21. The van der Waals surface area contributed by atoms with Gasteiger partial charge in [-0.15, -0.1) is 0 Å². The van der Waals surface area contributed by atoms with Crippen molar-refractivity contribution in [3.8, 4) is 0 Å². The van der Waals surface area contributed by atoms with Gasteiger partial charge in [-0.25, -0.2) is 0 Å². The summed E-state index contributed by atoms with van der Waals surface area (Å²) in [4.78, 5) is 4.84. The number of nitrogens with two attached hydrogens (primary N) is 1. The van der Waals surface area contributed by atoms with Gasteiger partial charge in [-0.05, 0) is 45.1 Å². The van der Waals surface area contributed by atoms with Gasteiger partial charge >= 0.3 is 0 Å². The first kappa shape index (κ1) is 12.4. The molecule has 0 amide bonds. The van der Waals surface area contributed by atoms with Crippen molar-refractivity contribution in [3.63, 3.8) is 0 Å². The minimum absolute atomic E-state index is 0.713. The third kappa shape index (κ3) is 3.20. The lowest BCUT2D eigenvalue weighted by molar-refractivity contribution is 0.216. The van der Waals surface area contributed by atoms with Crippen LogP contribution in [0.2, 0.25) is 0 Å². The molecule has 0 radical (unpaired) electrons. The summed E-state index contributed by atoms with van der Waals surface area (Å²) in [5, 5.41) is 0. The number of hydrogen-bond acceptors (Lipinski definition) is 3. The van der Waals surface area contributed by atoms with Gasteiger partial charge in [0.15, 0.2) is 0 Å². The van der Waals surface area contributed by atoms with E-state index >= 15 is 0 Å². The van der Waals surface area contributed by atoms with Crippen LogP contribution >= 0.6 is 0 Å². The Bertz CT molecular complexity index is 364. The molecule has 1 aliphatic rings. The van der Waals surface area contributed by atoms with Crippen LogP contribution in [0.15, 0.2) is 24.3 Å². The Morgan fingerprint density at radius 1 is 1.41 bits per heavy atom. The minimum Gasteiger partial charge on any atom is -0.398 e. The molecule has 0 spiro atoms. The number of likely N-dealkylation sites (N-methyl/N-ethyl adjacent to an activating group) is 2. The van der Waals surface area contributed by atoms with E-state index in [1.807, 2.05) is 12.1 Å². The molecule has 1 fully saturated rings. The maximum atomic E-state index is 5.97. The summed E-state index contributed by atoms with van der Waals surface area (Å²) < 4.78 is 0. The Kier molecular flexibility index (Phi) is 4.02. The molecule has 17 heavy (non-hydrogen) atoms. The number of rotatable bonds is 4. The molecule has 3 heteroatoms. The predicted octanol–water partition coefficient (Wildman–Crippen LogP) is 1.79. The average Bonchev–Trinajstić information content (AvgIpc) is 2.68. The van der Waals surface area contributed by atoms with Crippen LogP contribution in [0.3, 0.4) is 0 Å². The largest absolute Gasteiger partial charge is 0.398 e. The van der Waals surface area contributed by atoms with Gasteiger partial charge < -0.3 is 15.5 Å². The lowest BCUT2D eigenvalue weighted by Gasteiger charge is -2.26. The van der Waals surface area contributed by atoms with Crippen LogP contribution in [0.4, 0.5) is 5.69 Å². The van der Waals surface area contributed by atoms with Gasteiger partial charge in [0, 0.05) is 24.8 Å². The molecule has 1 aromatic rings. The summed E-state index contributed by atoms with van der Waals surface area (Å²) in [6.07, 6.45) is 2.66. The number of anilines is 1. The summed E-state index contributed by atoms with van der Waals surface area (Å²) in [6.45, 7) is 3.31. The minimum atomic E-state index is 0.713. The normalized spacial score (nSPS) is 21.2. The molecule has 1 saturated heterocycles. The molecule has 0 bridgehead atoms. The van der Waals surface area contributed by atoms with Gasteiger partial charge in [0.05, 0.1) is 0 Å². The SMILES string of the molecule is CN(Cc1ccccc1N)CC1CCCN1C. The fraction of sp³-hybridized carbons (Fsp3) is 0.571. The third-order valence-corrected chi connectivity index (χ3v) is 3.69. The number of nitrogens with zero attached hydrogens (tertiary/aromatic N) is 2. The first-order valence-electron chi connectivity index (χ1n) is 6.39. The van der Waals surface area contributed by atoms with Crippen LogP contribution in [0.5, 0.6) is 0 Å². The monoisotopic (exact) mass is 233 g/mol. The lowest BCUT2D eigenvalue weighted by atomic mass is 10.1. The summed E-state index contributed by atoms with van der Waals surface area (Å²) in [6, 6.07) is 8.85. The first-order chi connectivity index (χ1) is 8.16. The van der Waals surface area contributed by atoms with E-state index in [2.05, 4.69) is 36.0 Å². The summed E-state index contributed by atoms with van der Waals surface area (Å²) in [7, 11) is 4.40. The summed E-state index contributed by atoms with van der Waals surface area (Å²) in [5.74, 6) is 0. The molecule has 1 aliphatic heterocycles. The second kappa shape index (κ2) is 5.52. The van der Waals surface area contributed by atoms with Crippen LogP contribution < -0.4 is 5.73 Å². The molecule has 0 aliphatic carbocycles. The molecule has 1 atom stereocenters. The van der Waals surface area contributed by atoms with Crippen LogP contribution in [-0.2, 0) is 6.54 Å². The second-order valence-electron chi connectivity index (χ2n) is 5.17. The quantitative estimate of drug-likeness (QED) is 0.805. The van der Waals surface area contributed by atoms with Gasteiger partial charge in [-0.3, -0.25) is 0 Å². The molecule has 2 rings (SSSR count). The fourth-order valence-electron chi connectivity index (χ4n) is 2.60. The van der Waals surface area contributed by atoms with E-state index in [0.29, 0.717) is 6.04 Å². The zero-order valence-electron chi connectivity index (χ0n) is 10.9. The van der Waals surface area contributed by atoms with E-state index in [1.165, 1.54) is 24.9 Å². The molecule has 2 N–H and O–H groups in total. The zero-order chi connectivity index (χ0) is 12.3. The molecular formula is C14H23N3. The fourth-order valence-corrected chi connectivity index (χ4v) is 2.60. The highest BCUT2D eigenvalue weighted by Crippen LogP contribution is 2.17. The zero-order valence-corrected chi connectivity index (χ0v) is 10.9. The maximum Gasteiger partial charge on any atom is 0.0359 e. The van der Waals surface area contributed by atoms with Gasteiger partial charge in [0.25, 0.3) is 0 Å². The van der Waals surface area contributed by atoms with E-state index in [-0.39, 0.29) is 0 Å². The van der Waals surface area contributed by atoms with Crippen molar-refractivity contribution in [3.05, 3.63) is 29.8 Å². The van der Waals surface area contributed by atoms with Crippen molar-refractivity contribution in [2.45, 2.75) is 25.4 Å². The lowest BCUT2D eigenvalue weighted by Crippen LogP contribution is -2.36. The molecule has 1 aromatic carbocycles. The number of likely N-dealkylation sites (tertiary alicyclic amines) is 1. The molecule has 1 unspecified atom stereocenters. The van der Waals surface area contributed by atoms with Crippen molar-refractivity contribution in [2.75, 3.05) is 32.9 Å². The number of para-hydroxylation sites is 1. The molecule has 94 valence electrons. The third-order valence-electron chi connectivity index (χ3n) is 3.69. The maximum absolute atomic E-state index is 5.97. The number of hydrogen-bond donors (Lipinski definition) is 1. The van der Waals surface area contributed by atoms with Crippen LogP contribution in [-0.4, -0.2) is 43.0 Å². The predicted molar refractivity (Wildman–Crippen MR) is 72.8 cm³/mol. The van der Waals surface area contributed by atoms with Gasteiger partial charge in [-0.1, -0.05) is 18.2 Å². The molecular weight excluding hydrogens is 210 g/mol. The van der Waals surface area contributed by atoms with Crippen LogP contribution in [0, 0.1) is 0 Å². The standard InChI is InChI=1S/C14H23N3/c1-16(11-13-7-5-9-17(13)2)10-12-6-3-4-8-14(12)15/h3-4,6,8,13H,5,7,9-11,15H2,1-2H3. The van der Waals surface area contributed by atoms with Crippen molar-refractivity contribution in [2.24, 2.45) is 0 Å². The summed E-state index contributed by atoms with van der Waals surface area (Å²) in [5.41, 5.74) is 8.10. The van der Waals surface area contributed by atoms with Crippen molar-refractivity contribution < 1.29 is 0 Å². The van der Waals surface area contributed by atoms with Gasteiger partial charge in [0.1, 0.15) is 0 Å². The Hall–Kier alpha value is -1.06. The van der Waals surface area contributed by atoms with Crippen LogP contribution in [0.1, 0.15) is 18.4 Å².